The summed E-state index contributed by atoms with van der Waals surface area (Å²) in [5, 5.41) is 0. The molecule has 0 fully saturated rings. The van der Waals surface area contributed by atoms with Gasteiger partial charge in [-0.15, -0.1) is 0 Å². The molecule has 104 valence electrons. The summed E-state index contributed by atoms with van der Waals surface area (Å²) >= 11 is 0. The van der Waals surface area contributed by atoms with Crippen LogP contribution in [0.4, 0.5) is 0 Å². The molecule has 0 spiro atoms. The van der Waals surface area contributed by atoms with Crippen molar-refractivity contribution in [2.24, 2.45) is 0 Å². The zero-order valence-corrected chi connectivity index (χ0v) is 11.2. The van der Waals surface area contributed by atoms with Crippen molar-refractivity contribution in [1.29, 1.82) is 0 Å². The Morgan fingerprint density at radius 1 is 1.37 bits per heavy atom. The van der Waals surface area contributed by atoms with E-state index in [0.29, 0.717) is 19.7 Å². The molecule has 6 nitrogen and oxygen atoms in total. The highest BCUT2D eigenvalue weighted by molar-refractivity contribution is 5.84. The molecule has 1 aromatic rings. The third-order valence-corrected chi connectivity index (χ3v) is 3.14. The highest BCUT2D eigenvalue weighted by atomic mass is 16.5. The Morgan fingerprint density at radius 3 is 3.00 bits per heavy atom. The average molecular weight is 265 g/mol. The highest BCUT2D eigenvalue weighted by Crippen LogP contribution is 2.10. The van der Waals surface area contributed by atoms with Crippen molar-refractivity contribution in [1.82, 2.24) is 14.5 Å². The van der Waals surface area contributed by atoms with Crippen LogP contribution in [-0.4, -0.2) is 45.9 Å². The van der Waals surface area contributed by atoms with Gasteiger partial charge in [0.15, 0.2) is 0 Å². The van der Waals surface area contributed by atoms with Gasteiger partial charge in [-0.1, -0.05) is 0 Å². The van der Waals surface area contributed by atoms with Crippen LogP contribution in [-0.2, 0) is 27.4 Å². The fourth-order valence-electron chi connectivity index (χ4n) is 2.16. The van der Waals surface area contributed by atoms with Gasteiger partial charge in [0.05, 0.1) is 26.1 Å². The van der Waals surface area contributed by atoms with Crippen molar-refractivity contribution in [3.63, 3.8) is 0 Å². The number of hydrogen-bond acceptors (Lipinski definition) is 5. The van der Waals surface area contributed by atoms with Gasteiger partial charge in [-0.05, 0) is 6.92 Å². The van der Waals surface area contributed by atoms with Crippen LogP contribution in [0, 0.1) is 0 Å². The van der Waals surface area contributed by atoms with Gasteiger partial charge >= 0.3 is 5.97 Å². The summed E-state index contributed by atoms with van der Waals surface area (Å²) in [5.74, 6) is 0.766. The largest absolute Gasteiger partial charge is 0.466 e. The number of imidazole rings is 1. The van der Waals surface area contributed by atoms with Crippen LogP contribution in [0.2, 0.25) is 0 Å². The molecule has 0 N–H and O–H groups in total. The summed E-state index contributed by atoms with van der Waals surface area (Å²) in [6, 6.07) is 0. The number of aromatic nitrogens is 2. The minimum atomic E-state index is -0.301. The Labute approximate surface area is 112 Å². The zero-order chi connectivity index (χ0) is 13.7. The molecule has 2 heterocycles. The summed E-state index contributed by atoms with van der Waals surface area (Å²) < 4.78 is 6.90. The molecule has 1 aromatic heterocycles. The molecule has 0 bridgehead atoms. The lowest BCUT2D eigenvalue weighted by Gasteiger charge is -2.26. The first-order valence-corrected chi connectivity index (χ1v) is 6.58. The minimum absolute atomic E-state index is 0.0769. The quantitative estimate of drug-likeness (QED) is 0.705. The number of carbonyl (C=O) groups is 2. The molecule has 0 atom stereocenters. The summed E-state index contributed by atoms with van der Waals surface area (Å²) in [5.41, 5.74) is 0. The predicted molar refractivity (Wildman–Crippen MR) is 68.4 cm³/mol. The molecule has 0 aliphatic carbocycles. The summed E-state index contributed by atoms with van der Waals surface area (Å²) in [4.78, 5) is 29.3. The number of carbonyl (C=O) groups excluding carboxylic acids is 2. The molecular formula is C13H19N3O3. The Balaban J connectivity index is 1.73. The maximum atomic E-state index is 11.8. The van der Waals surface area contributed by atoms with Crippen LogP contribution in [0.25, 0.3) is 0 Å². The lowest BCUT2D eigenvalue weighted by atomic mass is 10.2. The van der Waals surface area contributed by atoms with E-state index in [2.05, 4.69) is 14.5 Å². The predicted octanol–water partition coefficient (Wildman–Crippen LogP) is 0.611. The maximum Gasteiger partial charge on any atom is 0.306 e. The number of hydrogen-bond donors (Lipinski definition) is 0. The van der Waals surface area contributed by atoms with Crippen LogP contribution < -0.4 is 0 Å². The van der Waals surface area contributed by atoms with Gasteiger partial charge in [0.2, 0.25) is 0 Å². The summed E-state index contributed by atoms with van der Waals surface area (Å²) in [7, 11) is 0. The van der Waals surface area contributed by atoms with Crippen LogP contribution >= 0.6 is 0 Å². The molecule has 0 amide bonds. The zero-order valence-electron chi connectivity index (χ0n) is 11.2. The normalized spacial score (nSPS) is 15.0. The van der Waals surface area contributed by atoms with Crippen molar-refractivity contribution in [3.8, 4) is 0 Å². The molecule has 0 saturated carbocycles. The van der Waals surface area contributed by atoms with Crippen LogP contribution in [0.5, 0.6) is 0 Å². The topological polar surface area (TPSA) is 64.4 Å². The monoisotopic (exact) mass is 265 g/mol. The molecule has 2 rings (SSSR count). The van der Waals surface area contributed by atoms with Gasteiger partial charge in [0, 0.05) is 31.9 Å². The second-order valence-corrected chi connectivity index (χ2v) is 4.59. The third-order valence-electron chi connectivity index (χ3n) is 3.14. The van der Waals surface area contributed by atoms with Crippen LogP contribution in [0.3, 0.4) is 0 Å². The van der Waals surface area contributed by atoms with Gasteiger partial charge in [0.1, 0.15) is 11.6 Å². The smallest absolute Gasteiger partial charge is 0.306 e. The molecule has 6 heteroatoms. The Morgan fingerprint density at radius 2 is 2.21 bits per heavy atom. The van der Waals surface area contributed by atoms with Crippen molar-refractivity contribution in [2.75, 3.05) is 19.7 Å². The third kappa shape index (κ3) is 3.89. The fraction of sp³-hybridized carbons (Fsp3) is 0.615. The number of Topliss-reactive ketones (excluding diaryl/α,β-unsaturated/α-hetero) is 1. The Kier molecular flexibility index (Phi) is 4.68. The van der Waals surface area contributed by atoms with E-state index in [1.807, 2.05) is 6.20 Å². The number of rotatable bonds is 6. The Bertz CT molecular complexity index is 456. The van der Waals surface area contributed by atoms with E-state index in [1.54, 1.807) is 13.1 Å². The second kappa shape index (κ2) is 6.47. The van der Waals surface area contributed by atoms with Crippen molar-refractivity contribution < 1.29 is 14.3 Å². The molecule has 19 heavy (non-hydrogen) atoms. The van der Waals surface area contributed by atoms with E-state index in [-0.39, 0.29) is 24.6 Å². The van der Waals surface area contributed by atoms with Gasteiger partial charge in [0.25, 0.3) is 0 Å². The van der Waals surface area contributed by atoms with Crippen LogP contribution in [0.15, 0.2) is 12.4 Å². The number of esters is 1. The van der Waals surface area contributed by atoms with E-state index in [1.165, 1.54) is 0 Å². The second-order valence-electron chi connectivity index (χ2n) is 4.59. The maximum absolute atomic E-state index is 11.8. The molecule has 0 unspecified atom stereocenters. The highest BCUT2D eigenvalue weighted by Gasteiger charge is 2.19. The minimum Gasteiger partial charge on any atom is -0.466 e. The SMILES string of the molecule is CCOC(=O)CCC(=O)CN1CCn2ccnc2C1. The van der Waals surface area contributed by atoms with Gasteiger partial charge < -0.3 is 9.30 Å². The number of nitrogens with zero attached hydrogens (tertiary/aromatic N) is 3. The molecule has 1 aliphatic rings. The van der Waals surface area contributed by atoms with Crippen molar-refractivity contribution >= 4 is 11.8 Å². The number of fused-ring (bicyclic) bond motifs is 1. The van der Waals surface area contributed by atoms with Crippen LogP contribution in [0.1, 0.15) is 25.6 Å². The first-order chi connectivity index (χ1) is 9.19. The first-order valence-electron chi connectivity index (χ1n) is 6.58. The fourth-order valence-corrected chi connectivity index (χ4v) is 2.16. The average Bonchev–Trinajstić information content (AvgIpc) is 2.84. The standard InChI is InChI=1S/C13H19N3O3/c1-2-19-13(18)4-3-11(17)9-15-7-8-16-6-5-14-12(16)10-15/h5-6H,2-4,7-10H2,1H3. The first kappa shape index (κ1) is 13.7. The van der Waals surface area contributed by atoms with E-state index >= 15 is 0 Å². The molecule has 0 aromatic carbocycles. The van der Waals surface area contributed by atoms with E-state index in [4.69, 9.17) is 4.74 Å². The molecule has 1 aliphatic heterocycles. The number of ketones is 1. The summed E-state index contributed by atoms with van der Waals surface area (Å²) in [6.07, 6.45) is 4.16. The van der Waals surface area contributed by atoms with Gasteiger partial charge in [-0.3, -0.25) is 14.5 Å². The summed E-state index contributed by atoms with van der Waals surface area (Å²) in [6.45, 7) is 4.90. The number of ether oxygens (including phenoxy) is 1. The Hall–Kier alpha value is -1.69. The molecular weight excluding hydrogens is 246 g/mol. The van der Waals surface area contributed by atoms with Gasteiger partial charge in [-0.2, -0.15) is 0 Å². The lowest BCUT2D eigenvalue weighted by molar-refractivity contribution is -0.144. The molecule has 0 saturated heterocycles. The van der Waals surface area contributed by atoms with E-state index < -0.39 is 0 Å². The van der Waals surface area contributed by atoms with E-state index in [9.17, 15) is 9.59 Å². The lowest BCUT2D eigenvalue weighted by Crippen LogP contribution is -2.37. The van der Waals surface area contributed by atoms with Gasteiger partial charge in [-0.25, -0.2) is 4.98 Å². The van der Waals surface area contributed by atoms with E-state index in [0.717, 1.165) is 18.9 Å². The van der Waals surface area contributed by atoms with Crippen molar-refractivity contribution in [3.05, 3.63) is 18.2 Å². The molecule has 0 radical (unpaired) electrons. The van der Waals surface area contributed by atoms with Crippen molar-refractivity contribution in [2.45, 2.75) is 32.9 Å².